The Morgan fingerprint density at radius 3 is 3.15 bits per heavy atom. The molecule has 0 saturated carbocycles. The molecule has 0 aromatic carbocycles. The molecule has 0 saturated heterocycles. The van der Waals surface area contributed by atoms with Crippen molar-refractivity contribution < 1.29 is 14.7 Å². The van der Waals surface area contributed by atoms with Gasteiger partial charge in [-0.3, -0.25) is 4.79 Å². The lowest BCUT2D eigenvalue weighted by Crippen LogP contribution is -2.48. The molecule has 0 spiro atoms. The number of nitrogens with zero attached hydrogens (tertiary/aromatic N) is 1. The number of hydrogen-bond acceptors (Lipinski definition) is 2. The zero-order valence-corrected chi connectivity index (χ0v) is 6.73. The fourth-order valence-electron chi connectivity index (χ4n) is 1.39. The third kappa shape index (κ3) is 1.18. The van der Waals surface area contributed by atoms with Crippen molar-refractivity contribution >= 4 is 11.9 Å². The zero-order chi connectivity index (χ0) is 9.42. The minimum absolute atomic E-state index is 0.295. The molecule has 5 heteroatoms. The van der Waals surface area contributed by atoms with Gasteiger partial charge in [0.15, 0.2) is 0 Å². The van der Waals surface area contributed by atoms with Crippen LogP contribution in [-0.2, 0) is 11.3 Å². The molecule has 1 aliphatic heterocycles. The fraction of sp³-hybridized carbons (Fsp3) is 0.250. The number of carbonyl (C=O) groups is 2. The van der Waals surface area contributed by atoms with Gasteiger partial charge in [-0.05, 0) is 12.1 Å². The van der Waals surface area contributed by atoms with Crippen molar-refractivity contribution in [2.24, 2.45) is 0 Å². The summed E-state index contributed by atoms with van der Waals surface area (Å²) in [5.41, 5.74) is 0.512. The van der Waals surface area contributed by atoms with E-state index in [1.807, 2.05) is 0 Å². The van der Waals surface area contributed by atoms with Crippen molar-refractivity contribution in [3.63, 3.8) is 0 Å². The van der Waals surface area contributed by atoms with Crippen molar-refractivity contribution in [3.8, 4) is 0 Å². The number of carboxylic acids is 1. The second kappa shape index (κ2) is 2.62. The first kappa shape index (κ1) is 7.85. The summed E-state index contributed by atoms with van der Waals surface area (Å²) >= 11 is 0. The first-order chi connectivity index (χ1) is 6.18. The molecular formula is C8H8N2O3. The molecule has 1 atom stereocenters. The number of carbonyl (C=O) groups excluding carboxylic acids is 1. The molecule has 0 aliphatic carbocycles. The van der Waals surface area contributed by atoms with Crippen LogP contribution in [0.25, 0.3) is 0 Å². The highest BCUT2D eigenvalue weighted by Crippen LogP contribution is 2.09. The highest BCUT2D eigenvalue weighted by Gasteiger charge is 2.27. The number of carboxylic acid groups (broad SMARTS) is 1. The highest BCUT2D eigenvalue weighted by molar-refractivity contribution is 5.96. The molecule has 2 heterocycles. The molecule has 1 unspecified atom stereocenters. The van der Waals surface area contributed by atoms with E-state index >= 15 is 0 Å². The van der Waals surface area contributed by atoms with Gasteiger partial charge in [-0.15, -0.1) is 0 Å². The fourth-order valence-corrected chi connectivity index (χ4v) is 1.39. The van der Waals surface area contributed by atoms with Gasteiger partial charge < -0.3 is 15.0 Å². The minimum Gasteiger partial charge on any atom is -0.480 e. The summed E-state index contributed by atoms with van der Waals surface area (Å²) in [4.78, 5) is 21.9. The molecule has 13 heavy (non-hydrogen) atoms. The van der Waals surface area contributed by atoms with Gasteiger partial charge in [-0.2, -0.15) is 0 Å². The van der Waals surface area contributed by atoms with E-state index in [9.17, 15) is 9.59 Å². The van der Waals surface area contributed by atoms with Crippen LogP contribution in [0.15, 0.2) is 18.3 Å². The number of fused-ring (bicyclic) bond motifs is 1. The minimum atomic E-state index is -1.01. The maximum Gasteiger partial charge on any atom is 0.328 e. The Morgan fingerprint density at radius 1 is 1.69 bits per heavy atom. The second-order valence-electron chi connectivity index (χ2n) is 2.91. The molecule has 0 fully saturated rings. The summed E-state index contributed by atoms with van der Waals surface area (Å²) in [6.45, 7) is 0.295. The van der Waals surface area contributed by atoms with Crippen LogP contribution in [0.4, 0.5) is 0 Å². The lowest BCUT2D eigenvalue weighted by molar-refractivity contribution is -0.139. The van der Waals surface area contributed by atoms with Gasteiger partial charge in [-0.1, -0.05) is 0 Å². The SMILES string of the molecule is O=C1NC(C(=O)O)Cn2cccc21. The largest absolute Gasteiger partial charge is 0.480 e. The summed E-state index contributed by atoms with van der Waals surface area (Å²) < 4.78 is 1.64. The van der Waals surface area contributed by atoms with Gasteiger partial charge >= 0.3 is 5.97 Å². The van der Waals surface area contributed by atoms with Crippen molar-refractivity contribution in [2.45, 2.75) is 12.6 Å². The van der Waals surface area contributed by atoms with Gasteiger partial charge in [0.1, 0.15) is 11.7 Å². The molecule has 2 N–H and O–H groups in total. The van der Waals surface area contributed by atoms with Gasteiger partial charge in [0.25, 0.3) is 5.91 Å². The Labute approximate surface area is 74.0 Å². The number of aromatic nitrogens is 1. The molecule has 1 amide bonds. The first-order valence-electron chi connectivity index (χ1n) is 3.87. The molecule has 1 aromatic rings. The molecule has 2 rings (SSSR count). The number of hydrogen-bond donors (Lipinski definition) is 2. The normalized spacial score (nSPS) is 20.6. The topological polar surface area (TPSA) is 71.3 Å². The first-order valence-corrected chi connectivity index (χ1v) is 3.87. The Hall–Kier alpha value is -1.78. The van der Waals surface area contributed by atoms with Gasteiger partial charge in [0.2, 0.25) is 0 Å². The van der Waals surface area contributed by atoms with Gasteiger partial charge in [0.05, 0.1) is 6.54 Å². The zero-order valence-electron chi connectivity index (χ0n) is 6.73. The van der Waals surface area contributed by atoms with Crippen molar-refractivity contribution in [1.82, 2.24) is 9.88 Å². The van der Waals surface area contributed by atoms with Crippen LogP contribution in [0.2, 0.25) is 0 Å². The number of rotatable bonds is 1. The van der Waals surface area contributed by atoms with E-state index in [2.05, 4.69) is 5.32 Å². The summed E-state index contributed by atoms with van der Waals surface area (Å²) in [5.74, 6) is -1.34. The highest BCUT2D eigenvalue weighted by atomic mass is 16.4. The number of nitrogens with one attached hydrogen (secondary N) is 1. The summed E-state index contributed by atoms with van der Waals surface area (Å²) in [5, 5.41) is 11.1. The monoisotopic (exact) mass is 180 g/mol. The van der Waals surface area contributed by atoms with Crippen molar-refractivity contribution in [1.29, 1.82) is 0 Å². The lowest BCUT2D eigenvalue weighted by Gasteiger charge is -2.22. The van der Waals surface area contributed by atoms with E-state index in [-0.39, 0.29) is 5.91 Å². The predicted molar refractivity (Wildman–Crippen MR) is 43.3 cm³/mol. The average Bonchev–Trinajstić information content (AvgIpc) is 2.51. The van der Waals surface area contributed by atoms with Gasteiger partial charge in [-0.25, -0.2) is 4.79 Å². The van der Waals surface area contributed by atoms with Crippen LogP contribution in [0, 0.1) is 0 Å². The van der Waals surface area contributed by atoms with Gasteiger partial charge in [0, 0.05) is 6.20 Å². The standard InChI is InChI=1S/C8H8N2O3/c11-7-6-2-1-3-10(6)4-5(9-7)8(12)13/h1-3,5H,4H2,(H,9,11)(H,12,13). The van der Waals surface area contributed by atoms with Crippen LogP contribution in [0.1, 0.15) is 10.5 Å². The van der Waals surface area contributed by atoms with E-state index in [1.54, 1.807) is 22.9 Å². The van der Waals surface area contributed by atoms with E-state index in [0.29, 0.717) is 12.2 Å². The van der Waals surface area contributed by atoms with Crippen molar-refractivity contribution in [3.05, 3.63) is 24.0 Å². The van der Waals surface area contributed by atoms with Crippen molar-refractivity contribution in [2.75, 3.05) is 0 Å². The number of aliphatic carboxylic acids is 1. The number of amides is 1. The van der Waals surface area contributed by atoms with E-state index in [0.717, 1.165) is 0 Å². The molecule has 1 aliphatic rings. The summed E-state index contributed by atoms with van der Waals surface area (Å²) in [7, 11) is 0. The molecular weight excluding hydrogens is 172 g/mol. The average molecular weight is 180 g/mol. The van der Waals surface area contributed by atoms with E-state index < -0.39 is 12.0 Å². The van der Waals surface area contributed by atoms with E-state index in [1.165, 1.54) is 0 Å². The Morgan fingerprint density at radius 2 is 2.46 bits per heavy atom. The second-order valence-corrected chi connectivity index (χ2v) is 2.91. The Balaban J connectivity index is 2.34. The van der Waals surface area contributed by atoms with Crippen LogP contribution < -0.4 is 5.32 Å². The molecule has 5 nitrogen and oxygen atoms in total. The Bertz CT molecular complexity index is 369. The summed E-state index contributed by atoms with van der Waals surface area (Å²) in [6, 6.07) is 2.57. The maximum atomic E-state index is 11.3. The summed E-state index contributed by atoms with van der Waals surface area (Å²) in [6.07, 6.45) is 1.70. The molecule has 0 bridgehead atoms. The Kier molecular flexibility index (Phi) is 1.58. The van der Waals surface area contributed by atoms with Crippen LogP contribution in [0.5, 0.6) is 0 Å². The van der Waals surface area contributed by atoms with E-state index in [4.69, 9.17) is 5.11 Å². The third-order valence-corrected chi connectivity index (χ3v) is 2.04. The smallest absolute Gasteiger partial charge is 0.328 e. The maximum absolute atomic E-state index is 11.3. The third-order valence-electron chi connectivity index (χ3n) is 2.04. The van der Waals surface area contributed by atoms with Crippen LogP contribution >= 0.6 is 0 Å². The molecule has 0 radical (unpaired) electrons. The van der Waals surface area contributed by atoms with Crippen LogP contribution in [0.3, 0.4) is 0 Å². The molecule has 68 valence electrons. The molecule has 1 aromatic heterocycles. The lowest BCUT2D eigenvalue weighted by atomic mass is 10.2. The predicted octanol–water partition coefficient (Wildman–Crippen LogP) is -0.315. The van der Waals surface area contributed by atoms with Crippen LogP contribution in [-0.4, -0.2) is 27.6 Å². The quantitative estimate of drug-likeness (QED) is 0.622.